The maximum Gasteiger partial charge on any atom is 0.274 e. The lowest BCUT2D eigenvalue weighted by Crippen LogP contribution is -2.45. The summed E-state index contributed by atoms with van der Waals surface area (Å²) in [5, 5.41) is 4.88. The van der Waals surface area contributed by atoms with Crippen LogP contribution in [-0.4, -0.2) is 45.3 Å². The quantitative estimate of drug-likeness (QED) is 0.461. The number of para-hydroxylation sites is 1. The third-order valence-corrected chi connectivity index (χ3v) is 7.81. The normalized spacial score (nSPS) is 20.9. The largest absolute Gasteiger partial charge is 0.350 e. The average molecular weight is 469 g/mol. The van der Waals surface area contributed by atoms with E-state index in [1.807, 2.05) is 66.4 Å². The van der Waals surface area contributed by atoms with Gasteiger partial charge in [0.25, 0.3) is 11.8 Å². The number of piperidine rings is 1. The third-order valence-electron chi connectivity index (χ3n) is 6.79. The summed E-state index contributed by atoms with van der Waals surface area (Å²) in [6.07, 6.45) is 3.64. The Morgan fingerprint density at radius 3 is 2.74 bits per heavy atom. The first-order valence-corrected chi connectivity index (χ1v) is 12.4. The summed E-state index contributed by atoms with van der Waals surface area (Å²) in [6, 6.07) is 19.6. The molecule has 7 heteroatoms. The first-order chi connectivity index (χ1) is 16.6. The maximum atomic E-state index is 13.7. The van der Waals surface area contributed by atoms with Crippen molar-refractivity contribution in [3.8, 4) is 10.4 Å². The van der Waals surface area contributed by atoms with Gasteiger partial charge >= 0.3 is 0 Å². The molecule has 1 aliphatic heterocycles. The lowest BCUT2D eigenvalue weighted by molar-refractivity contribution is 0.0684. The van der Waals surface area contributed by atoms with Crippen LogP contribution in [0.15, 0.2) is 66.9 Å². The van der Waals surface area contributed by atoms with E-state index < -0.39 is 0 Å². The van der Waals surface area contributed by atoms with Gasteiger partial charge in [-0.15, -0.1) is 11.3 Å². The molecule has 2 fully saturated rings. The SMILES string of the molecule is Cc1nc(C(=O)N2[C@H](CNC(=O)c3cccc4cccnc34)C[C@@H]3C[C@@H]32)c(-c2ccccc2)s1. The minimum absolute atomic E-state index is 0.0284. The lowest BCUT2D eigenvalue weighted by Gasteiger charge is -2.27. The number of aromatic nitrogens is 2. The van der Waals surface area contributed by atoms with Crippen molar-refractivity contribution in [3.63, 3.8) is 0 Å². The van der Waals surface area contributed by atoms with E-state index >= 15 is 0 Å². The summed E-state index contributed by atoms with van der Waals surface area (Å²) < 4.78 is 0. The zero-order chi connectivity index (χ0) is 23.2. The molecule has 0 bridgehead atoms. The Bertz CT molecular complexity index is 1400. The number of fused-ring (bicyclic) bond motifs is 2. The number of hydrogen-bond acceptors (Lipinski definition) is 5. The highest BCUT2D eigenvalue weighted by atomic mass is 32.1. The fourth-order valence-corrected chi connectivity index (χ4v) is 6.05. The molecule has 2 aromatic carbocycles. The third kappa shape index (κ3) is 3.66. The molecule has 3 atom stereocenters. The monoisotopic (exact) mass is 468 g/mol. The lowest BCUT2D eigenvalue weighted by atomic mass is 10.1. The molecule has 3 heterocycles. The van der Waals surface area contributed by atoms with Crippen molar-refractivity contribution in [2.24, 2.45) is 5.92 Å². The average Bonchev–Trinajstić information content (AvgIpc) is 3.36. The number of carbonyl (C=O) groups excluding carboxylic acids is 2. The van der Waals surface area contributed by atoms with E-state index in [0.717, 1.165) is 33.7 Å². The highest BCUT2D eigenvalue weighted by molar-refractivity contribution is 7.15. The molecule has 34 heavy (non-hydrogen) atoms. The number of carbonyl (C=O) groups is 2. The van der Waals surface area contributed by atoms with Crippen molar-refractivity contribution >= 4 is 34.1 Å². The standard InChI is InChI=1S/C27H24N4O2S/c1-16-30-24(25(34-16)18-7-3-2-4-8-18)27(33)31-20(13-19-14-22(19)31)15-29-26(32)21-11-5-9-17-10-6-12-28-23(17)21/h2-12,19-20,22H,13-15H2,1H3,(H,29,32)/t19-,20+,22+/m1/s1. The van der Waals surface area contributed by atoms with E-state index in [0.29, 0.717) is 29.2 Å². The number of amides is 2. The van der Waals surface area contributed by atoms with Gasteiger partial charge in [-0.25, -0.2) is 4.98 Å². The van der Waals surface area contributed by atoms with Gasteiger partial charge < -0.3 is 10.2 Å². The summed E-state index contributed by atoms with van der Waals surface area (Å²) in [5.41, 5.74) is 2.78. The number of benzene rings is 2. The number of nitrogens with one attached hydrogen (secondary N) is 1. The number of likely N-dealkylation sites (tertiary alicyclic amines) is 1. The minimum atomic E-state index is -0.160. The van der Waals surface area contributed by atoms with Gasteiger partial charge in [-0.05, 0) is 43.4 Å². The molecule has 2 aliphatic rings. The first-order valence-electron chi connectivity index (χ1n) is 11.6. The Morgan fingerprint density at radius 1 is 1.06 bits per heavy atom. The van der Waals surface area contributed by atoms with Crippen LogP contribution in [0.2, 0.25) is 0 Å². The molecule has 1 aliphatic carbocycles. The Labute approximate surface area is 201 Å². The van der Waals surface area contributed by atoms with Gasteiger partial charge in [0.1, 0.15) is 5.69 Å². The molecule has 2 amide bonds. The smallest absolute Gasteiger partial charge is 0.274 e. The second-order valence-corrected chi connectivity index (χ2v) is 10.2. The van der Waals surface area contributed by atoms with Crippen LogP contribution < -0.4 is 5.32 Å². The molecule has 0 radical (unpaired) electrons. The molecular formula is C27H24N4O2S. The van der Waals surface area contributed by atoms with E-state index in [1.54, 1.807) is 23.6 Å². The van der Waals surface area contributed by atoms with E-state index in [2.05, 4.69) is 15.3 Å². The summed E-state index contributed by atoms with van der Waals surface area (Å²) in [6.45, 7) is 2.36. The van der Waals surface area contributed by atoms with Gasteiger partial charge in [0.2, 0.25) is 0 Å². The number of nitrogens with zero attached hydrogens (tertiary/aromatic N) is 3. The van der Waals surface area contributed by atoms with Crippen LogP contribution in [-0.2, 0) is 0 Å². The van der Waals surface area contributed by atoms with E-state index in [9.17, 15) is 9.59 Å². The van der Waals surface area contributed by atoms with Crippen molar-refractivity contribution in [1.82, 2.24) is 20.2 Å². The van der Waals surface area contributed by atoms with Gasteiger partial charge in [0.05, 0.1) is 27.0 Å². The second-order valence-electron chi connectivity index (χ2n) is 9.03. The Hall–Kier alpha value is -3.58. The van der Waals surface area contributed by atoms with Crippen LogP contribution in [0.4, 0.5) is 0 Å². The first kappa shape index (κ1) is 21.0. The molecule has 0 unspecified atom stereocenters. The maximum absolute atomic E-state index is 13.7. The topological polar surface area (TPSA) is 75.2 Å². The number of aryl methyl sites for hydroxylation is 1. The predicted molar refractivity (Wildman–Crippen MR) is 133 cm³/mol. The summed E-state index contributed by atoms with van der Waals surface area (Å²) in [5.74, 6) is 0.330. The van der Waals surface area contributed by atoms with Crippen LogP contribution in [0.5, 0.6) is 0 Å². The van der Waals surface area contributed by atoms with Crippen LogP contribution in [0.25, 0.3) is 21.3 Å². The Kier molecular flexibility index (Phi) is 5.14. The summed E-state index contributed by atoms with van der Waals surface area (Å²) in [4.78, 5) is 38.7. The molecule has 1 saturated carbocycles. The second kappa shape index (κ2) is 8.33. The highest BCUT2D eigenvalue weighted by Crippen LogP contribution is 2.48. The molecular weight excluding hydrogens is 444 g/mol. The predicted octanol–water partition coefficient (Wildman–Crippen LogP) is 4.70. The van der Waals surface area contributed by atoms with E-state index in [1.165, 1.54) is 0 Å². The van der Waals surface area contributed by atoms with Crippen molar-refractivity contribution in [3.05, 3.63) is 83.1 Å². The van der Waals surface area contributed by atoms with Crippen LogP contribution in [0.3, 0.4) is 0 Å². The molecule has 0 spiro atoms. The van der Waals surface area contributed by atoms with Crippen molar-refractivity contribution in [2.75, 3.05) is 6.54 Å². The fourth-order valence-electron chi connectivity index (χ4n) is 5.13. The van der Waals surface area contributed by atoms with Crippen LogP contribution in [0, 0.1) is 12.8 Å². The van der Waals surface area contributed by atoms with Gasteiger partial charge in [0, 0.05) is 24.2 Å². The molecule has 6 nitrogen and oxygen atoms in total. The van der Waals surface area contributed by atoms with Gasteiger partial charge in [0.15, 0.2) is 0 Å². The molecule has 6 rings (SSSR count). The van der Waals surface area contributed by atoms with Gasteiger partial charge in [-0.2, -0.15) is 0 Å². The van der Waals surface area contributed by atoms with Crippen molar-refractivity contribution in [1.29, 1.82) is 0 Å². The van der Waals surface area contributed by atoms with Crippen LogP contribution >= 0.6 is 11.3 Å². The Morgan fingerprint density at radius 2 is 1.88 bits per heavy atom. The van der Waals surface area contributed by atoms with Crippen molar-refractivity contribution in [2.45, 2.75) is 31.8 Å². The zero-order valence-electron chi connectivity index (χ0n) is 18.8. The number of thiazole rings is 1. The molecule has 1 saturated heterocycles. The minimum Gasteiger partial charge on any atom is -0.350 e. The van der Waals surface area contributed by atoms with Crippen molar-refractivity contribution < 1.29 is 9.59 Å². The summed E-state index contributed by atoms with van der Waals surface area (Å²) in [7, 11) is 0. The zero-order valence-corrected chi connectivity index (χ0v) is 19.6. The van der Waals surface area contributed by atoms with Crippen LogP contribution in [0.1, 0.15) is 38.7 Å². The molecule has 1 N–H and O–H groups in total. The number of hydrogen-bond donors (Lipinski definition) is 1. The number of pyridine rings is 1. The highest BCUT2D eigenvalue weighted by Gasteiger charge is 2.54. The number of rotatable bonds is 5. The Balaban J connectivity index is 1.23. The van der Waals surface area contributed by atoms with Gasteiger partial charge in [-0.3, -0.25) is 14.6 Å². The fraction of sp³-hybridized carbons (Fsp3) is 0.259. The van der Waals surface area contributed by atoms with E-state index in [4.69, 9.17) is 0 Å². The molecule has 4 aromatic rings. The summed E-state index contributed by atoms with van der Waals surface area (Å²) >= 11 is 1.55. The van der Waals surface area contributed by atoms with Gasteiger partial charge in [-0.1, -0.05) is 48.5 Å². The van der Waals surface area contributed by atoms with E-state index in [-0.39, 0.29) is 23.9 Å². The molecule has 2 aromatic heterocycles. The molecule has 170 valence electrons.